The molecule has 0 aliphatic heterocycles. The molecular weight excluding hydrogens is 378 g/mol. The maximum Gasteiger partial charge on any atom is 0.0323 e. The van der Waals surface area contributed by atoms with Crippen molar-refractivity contribution in [2.24, 2.45) is 5.92 Å². The van der Waals surface area contributed by atoms with E-state index in [1.54, 1.807) is 5.57 Å². The van der Waals surface area contributed by atoms with Gasteiger partial charge in [-0.25, -0.2) is 0 Å². The van der Waals surface area contributed by atoms with Crippen LogP contribution in [-0.2, 0) is 0 Å². The Kier molecular flexibility index (Phi) is 6.79. The Bertz CT molecular complexity index is 462. The van der Waals surface area contributed by atoms with Crippen LogP contribution in [-0.4, -0.2) is 13.1 Å². The molecule has 0 spiro atoms. The molecule has 0 bridgehead atoms. The predicted octanol–water partition coefficient (Wildman–Crippen LogP) is 5.78. The summed E-state index contributed by atoms with van der Waals surface area (Å²) in [6.07, 6.45) is 9.28. The van der Waals surface area contributed by atoms with Crippen LogP contribution in [0.25, 0.3) is 6.08 Å². The van der Waals surface area contributed by atoms with Crippen LogP contribution in [0.15, 0.2) is 32.7 Å². The molecule has 1 aromatic carbocycles. The summed E-state index contributed by atoms with van der Waals surface area (Å²) in [6, 6.07) is 6.49. The van der Waals surface area contributed by atoms with Crippen LogP contribution >= 0.6 is 31.9 Å². The molecule has 1 aliphatic carbocycles. The van der Waals surface area contributed by atoms with Crippen LogP contribution in [0, 0.1) is 5.92 Å². The van der Waals surface area contributed by atoms with Gasteiger partial charge >= 0.3 is 0 Å². The molecule has 0 aromatic heterocycles. The number of rotatable bonds is 5. The summed E-state index contributed by atoms with van der Waals surface area (Å²) in [5.74, 6) is 0.769. The third-order valence-corrected chi connectivity index (χ3v) is 5.88. The minimum absolute atomic E-state index is 0.769. The first-order chi connectivity index (χ1) is 9.70. The zero-order valence-electron chi connectivity index (χ0n) is 12.1. The first-order valence-corrected chi connectivity index (χ1v) is 9.15. The van der Waals surface area contributed by atoms with Gasteiger partial charge in [-0.15, -0.1) is 0 Å². The maximum atomic E-state index is 3.59. The van der Waals surface area contributed by atoms with E-state index >= 15 is 0 Å². The van der Waals surface area contributed by atoms with E-state index < -0.39 is 0 Å². The molecule has 0 amide bonds. The van der Waals surface area contributed by atoms with Gasteiger partial charge in [0.05, 0.1) is 0 Å². The summed E-state index contributed by atoms with van der Waals surface area (Å²) in [5.41, 5.74) is 2.86. The second-order valence-corrected chi connectivity index (χ2v) is 7.22. The number of hydrogen-bond donors (Lipinski definition) is 1. The van der Waals surface area contributed by atoms with Gasteiger partial charge in [-0.3, -0.25) is 0 Å². The summed E-state index contributed by atoms with van der Waals surface area (Å²) in [6.45, 7) is 4.23. The van der Waals surface area contributed by atoms with Crippen molar-refractivity contribution < 1.29 is 0 Å². The third-order valence-electron chi connectivity index (χ3n) is 4.00. The first kappa shape index (κ1) is 16.3. The summed E-state index contributed by atoms with van der Waals surface area (Å²) in [5, 5.41) is 3.50. The lowest BCUT2D eigenvalue weighted by molar-refractivity contribution is 0.397. The highest BCUT2D eigenvalue weighted by atomic mass is 79.9. The van der Waals surface area contributed by atoms with Crippen molar-refractivity contribution in [1.82, 2.24) is 5.32 Å². The molecule has 110 valence electrons. The van der Waals surface area contributed by atoms with E-state index in [4.69, 9.17) is 0 Å². The first-order valence-electron chi connectivity index (χ1n) is 7.57. The van der Waals surface area contributed by atoms with E-state index in [2.05, 4.69) is 68.4 Å². The Balaban J connectivity index is 2.19. The highest BCUT2D eigenvalue weighted by Gasteiger charge is 2.17. The maximum absolute atomic E-state index is 3.59. The van der Waals surface area contributed by atoms with Gasteiger partial charge in [-0.05, 0) is 74.9 Å². The molecule has 0 atom stereocenters. The van der Waals surface area contributed by atoms with Gasteiger partial charge in [-0.1, -0.05) is 43.9 Å². The minimum Gasteiger partial charge on any atom is -0.313 e. The van der Waals surface area contributed by atoms with Crippen molar-refractivity contribution in [3.63, 3.8) is 0 Å². The molecule has 0 heterocycles. The summed E-state index contributed by atoms with van der Waals surface area (Å²) < 4.78 is 2.23. The van der Waals surface area contributed by atoms with Crippen LogP contribution in [0.4, 0.5) is 0 Å². The van der Waals surface area contributed by atoms with Gasteiger partial charge in [0.15, 0.2) is 0 Å². The van der Waals surface area contributed by atoms with E-state index in [-0.39, 0.29) is 0 Å². The number of nitrogens with one attached hydrogen (secondary N) is 1. The topological polar surface area (TPSA) is 12.0 Å². The highest BCUT2D eigenvalue weighted by Crippen LogP contribution is 2.31. The number of benzene rings is 1. The third kappa shape index (κ3) is 4.71. The summed E-state index contributed by atoms with van der Waals surface area (Å²) >= 11 is 7.13. The van der Waals surface area contributed by atoms with E-state index in [9.17, 15) is 0 Å². The van der Waals surface area contributed by atoms with Gasteiger partial charge in [0, 0.05) is 15.5 Å². The fourth-order valence-electron chi connectivity index (χ4n) is 2.87. The Morgan fingerprint density at radius 3 is 2.60 bits per heavy atom. The number of halogens is 2. The standard InChI is InChI=1S/C17H23Br2N/c1-2-20-12-15(14-6-4-3-5-7-14)10-13-8-9-16(18)17(19)11-13/h8-11,14,20H,2-7,12H2,1H3/b15-10-. The van der Waals surface area contributed by atoms with Crippen LogP contribution in [0.3, 0.4) is 0 Å². The molecule has 1 saturated carbocycles. The Morgan fingerprint density at radius 1 is 1.20 bits per heavy atom. The largest absolute Gasteiger partial charge is 0.313 e. The van der Waals surface area contributed by atoms with Gasteiger partial charge in [-0.2, -0.15) is 0 Å². The van der Waals surface area contributed by atoms with Crippen molar-refractivity contribution >= 4 is 37.9 Å². The average molecular weight is 401 g/mol. The van der Waals surface area contributed by atoms with Crippen molar-refractivity contribution in [1.29, 1.82) is 0 Å². The van der Waals surface area contributed by atoms with Crippen molar-refractivity contribution in [2.75, 3.05) is 13.1 Å². The number of likely N-dealkylation sites (N-methyl/N-ethyl adjacent to an activating group) is 1. The van der Waals surface area contributed by atoms with Gasteiger partial charge < -0.3 is 5.32 Å². The van der Waals surface area contributed by atoms with Gasteiger partial charge in [0.25, 0.3) is 0 Å². The molecule has 20 heavy (non-hydrogen) atoms. The minimum atomic E-state index is 0.769. The van der Waals surface area contributed by atoms with Crippen LogP contribution in [0.1, 0.15) is 44.6 Å². The molecule has 0 saturated heterocycles. The fourth-order valence-corrected chi connectivity index (χ4v) is 3.52. The fraction of sp³-hybridized carbons (Fsp3) is 0.529. The molecule has 1 fully saturated rings. The van der Waals surface area contributed by atoms with E-state index in [0.717, 1.165) is 28.0 Å². The SMILES string of the molecule is CCNC/C(=C/c1ccc(Br)c(Br)c1)C1CCCCC1. The second-order valence-electron chi connectivity index (χ2n) is 5.51. The molecule has 2 rings (SSSR count). The molecule has 0 unspecified atom stereocenters. The average Bonchev–Trinajstić information content (AvgIpc) is 2.48. The molecular formula is C17H23Br2N. The zero-order chi connectivity index (χ0) is 14.4. The van der Waals surface area contributed by atoms with Crippen LogP contribution in [0.2, 0.25) is 0 Å². The van der Waals surface area contributed by atoms with Crippen LogP contribution in [0.5, 0.6) is 0 Å². The lowest BCUT2D eigenvalue weighted by atomic mass is 9.83. The zero-order valence-corrected chi connectivity index (χ0v) is 15.3. The second kappa shape index (κ2) is 8.35. The number of hydrogen-bond acceptors (Lipinski definition) is 1. The quantitative estimate of drug-likeness (QED) is 0.659. The van der Waals surface area contributed by atoms with E-state index in [1.165, 1.54) is 37.7 Å². The monoisotopic (exact) mass is 399 g/mol. The Labute approximate surface area is 139 Å². The Morgan fingerprint density at radius 2 is 1.95 bits per heavy atom. The smallest absolute Gasteiger partial charge is 0.0323 e. The van der Waals surface area contributed by atoms with Crippen molar-refractivity contribution in [3.8, 4) is 0 Å². The lowest BCUT2D eigenvalue weighted by Crippen LogP contribution is -2.22. The molecule has 0 radical (unpaired) electrons. The molecule has 1 nitrogen and oxygen atoms in total. The summed E-state index contributed by atoms with van der Waals surface area (Å²) in [7, 11) is 0. The molecule has 1 N–H and O–H groups in total. The summed E-state index contributed by atoms with van der Waals surface area (Å²) in [4.78, 5) is 0. The van der Waals surface area contributed by atoms with E-state index in [1.807, 2.05) is 0 Å². The Hall–Kier alpha value is -0.120. The predicted molar refractivity (Wildman–Crippen MR) is 94.9 cm³/mol. The van der Waals surface area contributed by atoms with Gasteiger partial charge in [0.1, 0.15) is 0 Å². The molecule has 3 heteroatoms. The van der Waals surface area contributed by atoms with E-state index in [0.29, 0.717) is 0 Å². The lowest BCUT2D eigenvalue weighted by Gasteiger charge is -2.25. The molecule has 1 aliphatic rings. The normalized spacial score (nSPS) is 17.4. The van der Waals surface area contributed by atoms with Gasteiger partial charge in [0.2, 0.25) is 0 Å². The van der Waals surface area contributed by atoms with Crippen LogP contribution < -0.4 is 5.32 Å². The van der Waals surface area contributed by atoms with Crippen molar-refractivity contribution in [2.45, 2.75) is 39.0 Å². The molecule has 1 aromatic rings. The highest BCUT2D eigenvalue weighted by molar-refractivity contribution is 9.13. The van der Waals surface area contributed by atoms with Crippen molar-refractivity contribution in [3.05, 3.63) is 38.3 Å².